The molecule has 0 aliphatic heterocycles. The molecule has 2 N–H and O–H groups in total. The monoisotopic (exact) mass is 360 g/mol. The Balaban J connectivity index is 1.64. The normalized spacial score (nSPS) is 11.4. The highest BCUT2D eigenvalue weighted by molar-refractivity contribution is 5.79. The Morgan fingerprint density at radius 1 is 1.23 bits per heavy atom. The van der Waals surface area contributed by atoms with Crippen LogP contribution in [0.25, 0.3) is 0 Å². The second-order valence-electron chi connectivity index (χ2n) is 5.68. The number of nitrogens with one attached hydrogen (secondary N) is 2. The van der Waals surface area contributed by atoms with Crippen LogP contribution in [0.15, 0.2) is 35.6 Å². The maximum atomic E-state index is 5.71. The molecule has 0 spiro atoms. The highest BCUT2D eigenvalue weighted by Gasteiger charge is 2.01. The van der Waals surface area contributed by atoms with Crippen molar-refractivity contribution in [3.05, 3.63) is 42.0 Å². The van der Waals surface area contributed by atoms with Gasteiger partial charge in [0.25, 0.3) is 0 Å². The van der Waals surface area contributed by atoms with E-state index in [0.717, 1.165) is 42.6 Å². The van der Waals surface area contributed by atoms with Crippen molar-refractivity contribution in [3.8, 4) is 5.75 Å². The minimum atomic E-state index is 0.486. The summed E-state index contributed by atoms with van der Waals surface area (Å²) in [5, 5.41) is 10.6. The Bertz CT molecular complexity index is 669. The van der Waals surface area contributed by atoms with Gasteiger partial charge in [-0.15, -0.1) is 0 Å². The number of methoxy groups -OCH3 is 1. The molecule has 2 rings (SSSR count). The fourth-order valence-electron chi connectivity index (χ4n) is 2.25. The summed E-state index contributed by atoms with van der Waals surface area (Å²) in [4.78, 5) is 8.69. The average Bonchev–Trinajstić information content (AvgIpc) is 3.07. The van der Waals surface area contributed by atoms with Gasteiger partial charge in [-0.2, -0.15) is 5.10 Å². The van der Waals surface area contributed by atoms with Gasteiger partial charge in [0.1, 0.15) is 24.4 Å². The number of aromatic nitrogens is 3. The van der Waals surface area contributed by atoms with E-state index in [9.17, 15) is 0 Å². The topological polar surface area (TPSA) is 85.6 Å². The lowest BCUT2D eigenvalue weighted by Gasteiger charge is -2.11. The molecule has 0 atom stereocenters. The second-order valence-corrected chi connectivity index (χ2v) is 5.68. The zero-order chi connectivity index (χ0) is 18.6. The zero-order valence-corrected chi connectivity index (χ0v) is 15.7. The van der Waals surface area contributed by atoms with Crippen molar-refractivity contribution in [2.75, 3.05) is 26.8 Å². The first-order valence-corrected chi connectivity index (χ1v) is 8.78. The van der Waals surface area contributed by atoms with E-state index >= 15 is 0 Å². The summed E-state index contributed by atoms with van der Waals surface area (Å²) >= 11 is 0. The van der Waals surface area contributed by atoms with Crippen molar-refractivity contribution in [1.82, 2.24) is 25.4 Å². The molecule has 142 valence electrons. The summed E-state index contributed by atoms with van der Waals surface area (Å²) in [7, 11) is 3.52. The number of aryl methyl sites for hydroxylation is 1. The number of hydrogen-bond acceptors (Lipinski definition) is 5. The first-order valence-electron chi connectivity index (χ1n) is 8.78. The molecular weight excluding hydrogens is 332 g/mol. The molecule has 0 saturated heterocycles. The first kappa shape index (κ1) is 19.7. The van der Waals surface area contributed by atoms with Crippen molar-refractivity contribution in [3.63, 3.8) is 0 Å². The van der Waals surface area contributed by atoms with E-state index in [1.54, 1.807) is 11.8 Å². The van der Waals surface area contributed by atoms with Gasteiger partial charge in [-0.05, 0) is 31.0 Å². The third kappa shape index (κ3) is 6.72. The molecule has 0 unspecified atom stereocenters. The van der Waals surface area contributed by atoms with Crippen molar-refractivity contribution >= 4 is 5.96 Å². The molecule has 0 radical (unpaired) electrons. The van der Waals surface area contributed by atoms with Crippen molar-refractivity contribution in [2.24, 2.45) is 12.0 Å². The SMILES string of the molecule is CCNC(=NCc1ncnn1C)NCCCOCc1ccc(OC)cc1. The van der Waals surface area contributed by atoms with Gasteiger partial charge in [-0.3, -0.25) is 4.68 Å². The van der Waals surface area contributed by atoms with Crippen LogP contribution in [0.4, 0.5) is 0 Å². The van der Waals surface area contributed by atoms with Gasteiger partial charge >= 0.3 is 0 Å². The van der Waals surface area contributed by atoms with Gasteiger partial charge in [0, 0.05) is 26.7 Å². The van der Waals surface area contributed by atoms with Gasteiger partial charge in [0.2, 0.25) is 0 Å². The minimum absolute atomic E-state index is 0.486. The third-order valence-corrected chi connectivity index (χ3v) is 3.71. The second kappa shape index (κ2) is 11.1. The lowest BCUT2D eigenvalue weighted by molar-refractivity contribution is 0.119. The van der Waals surface area contributed by atoms with Crippen LogP contribution in [0.2, 0.25) is 0 Å². The zero-order valence-electron chi connectivity index (χ0n) is 15.7. The van der Waals surface area contributed by atoms with E-state index in [2.05, 4.69) is 25.7 Å². The quantitative estimate of drug-likeness (QED) is 0.379. The van der Waals surface area contributed by atoms with Crippen LogP contribution >= 0.6 is 0 Å². The van der Waals surface area contributed by atoms with Crippen LogP contribution < -0.4 is 15.4 Å². The van der Waals surface area contributed by atoms with Gasteiger partial charge in [0.15, 0.2) is 5.96 Å². The Morgan fingerprint density at radius 3 is 2.69 bits per heavy atom. The molecule has 0 amide bonds. The highest BCUT2D eigenvalue weighted by Crippen LogP contribution is 2.11. The Kier molecular flexibility index (Phi) is 8.41. The largest absolute Gasteiger partial charge is 0.497 e. The molecule has 0 saturated carbocycles. The molecule has 0 bridgehead atoms. The van der Waals surface area contributed by atoms with Gasteiger partial charge in [-0.1, -0.05) is 12.1 Å². The molecule has 2 aromatic rings. The Hall–Kier alpha value is -2.61. The van der Waals surface area contributed by atoms with Crippen LogP contribution in [-0.2, 0) is 24.9 Å². The van der Waals surface area contributed by atoms with Crippen molar-refractivity contribution in [2.45, 2.75) is 26.5 Å². The molecular formula is C18H28N6O2. The maximum Gasteiger partial charge on any atom is 0.191 e. The number of ether oxygens (including phenoxy) is 2. The number of guanidine groups is 1. The molecule has 8 heteroatoms. The number of benzene rings is 1. The van der Waals surface area contributed by atoms with E-state index in [1.807, 2.05) is 38.2 Å². The third-order valence-electron chi connectivity index (χ3n) is 3.71. The summed E-state index contributed by atoms with van der Waals surface area (Å²) in [6, 6.07) is 7.91. The van der Waals surface area contributed by atoms with E-state index in [0.29, 0.717) is 19.8 Å². The van der Waals surface area contributed by atoms with Crippen LogP contribution in [0.1, 0.15) is 24.7 Å². The fraction of sp³-hybridized carbons (Fsp3) is 0.500. The van der Waals surface area contributed by atoms with E-state index < -0.39 is 0 Å². The molecule has 1 aromatic heterocycles. The highest BCUT2D eigenvalue weighted by atomic mass is 16.5. The summed E-state index contributed by atoms with van der Waals surface area (Å²) < 4.78 is 12.6. The molecule has 26 heavy (non-hydrogen) atoms. The van der Waals surface area contributed by atoms with Gasteiger partial charge in [0.05, 0.1) is 13.7 Å². The Morgan fingerprint density at radius 2 is 2.04 bits per heavy atom. The summed E-state index contributed by atoms with van der Waals surface area (Å²) in [6.07, 6.45) is 2.43. The summed E-state index contributed by atoms with van der Waals surface area (Å²) in [6.45, 7) is 5.40. The lowest BCUT2D eigenvalue weighted by Crippen LogP contribution is -2.38. The first-order chi connectivity index (χ1) is 12.7. The van der Waals surface area contributed by atoms with Crippen LogP contribution in [0.3, 0.4) is 0 Å². The van der Waals surface area contributed by atoms with Gasteiger partial charge < -0.3 is 20.1 Å². The molecule has 8 nitrogen and oxygen atoms in total. The molecule has 0 aliphatic rings. The van der Waals surface area contributed by atoms with Gasteiger partial charge in [-0.25, -0.2) is 9.98 Å². The van der Waals surface area contributed by atoms with Crippen LogP contribution in [0.5, 0.6) is 5.75 Å². The lowest BCUT2D eigenvalue weighted by atomic mass is 10.2. The van der Waals surface area contributed by atoms with E-state index in [4.69, 9.17) is 9.47 Å². The molecule has 1 aromatic carbocycles. The maximum absolute atomic E-state index is 5.71. The standard InChI is InChI=1S/C18H28N6O2/c1-4-19-18(21-12-17-22-14-23-24(17)2)20-10-5-11-26-13-15-6-8-16(25-3)9-7-15/h6-9,14H,4-5,10-13H2,1-3H3,(H2,19,20,21). The number of nitrogens with zero attached hydrogens (tertiary/aromatic N) is 4. The van der Waals surface area contributed by atoms with Crippen LogP contribution in [0, 0.1) is 0 Å². The summed E-state index contributed by atoms with van der Waals surface area (Å²) in [5.41, 5.74) is 1.14. The number of hydrogen-bond donors (Lipinski definition) is 2. The predicted octanol–water partition coefficient (Wildman–Crippen LogP) is 1.49. The van der Waals surface area contributed by atoms with E-state index in [1.165, 1.54) is 6.33 Å². The Labute approximate surface area is 154 Å². The number of aliphatic imine (C=N–C) groups is 1. The van der Waals surface area contributed by atoms with E-state index in [-0.39, 0.29) is 0 Å². The van der Waals surface area contributed by atoms with Crippen LogP contribution in [-0.4, -0.2) is 47.5 Å². The average molecular weight is 360 g/mol. The minimum Gasteiger partial charge on any atom is -0.497 e. The smallest absolute Gasteiger partial charge is 0.191 e. The molecule has 1 heterocycles. The number of rotatable bonds is 10. The predicted molar refractivity (Wildman–Crippen MR) is 101 cm³/mol. The fourth-order valence-corrected chi connectivity index (χ4v) is 2.25. The summed E-state index contributed by atoms with van der Waals surface area (Å²) in [5.74, 6) is 2.45. The van der Waals surface area contributed by atoms with Crippen molar-refractivity contribution < 1.29 is 9.47 Å². The van der Waals surface area contributed by atoms with Crippen molar-refractivity contribution in [1.29, 1.82) is 0 Å². The molecule has 0 fully saturated rings. The molecule has 0 aliphatic carbocycles.